The summed E-state index contributed by atoms with van der Waals surface area (Å²) in [7, 11) is 0. The van der Waals surface area contributed by atoms with E-state index in [0.29, 0.717) is 18.5 Å². The fourth-order valence-electron chi connectivity index (χ4n) is 2.36. The molecule has 0 spiro atoms. The first-order valence-corrected chi connectivity index (χ1v) is 7.21. The minimum atomic E-state index is -1.16. The normalized spacial score (nSPS) is 21.5. The van der Waals surface area contributed by atoms with E-state index in [-0.39, 0.29) is 5.91 Å². The lowest BCUT2D eigenvalue weighted by atomic mass is 9.82. The van der Waals surface area contributed by atoms with Gasteiger partial charge in [-0.15, -0.1) is 0 Å². The van der Waals surface area contributed by atoms with Crippen LogP contribution in [0.4, 0.5) is 5.69 Å². The molecule has 0 aliphatic heterocycles. The van der Waals surface area contributed by atoms with Gasteiger partial charge in [0.25, 0.3) is 0 Å². The molecule has 0 saturated carbocycles. The standard InChI is InChI=1S/C15H16BrNO3/c1-9-8-10(16)6-7-13(9)17-14(18)11-4-2-3-5-12(11)15(19)20/h2-3,6-8,11-12H,4-5H2,1H3,(H,17,18)(H,19,20)/p-1/t11-,12-/m0/s1. The van der Waals surface area contributed by atoms with Gasteiger partial charge in [0.1, 0.15) is 0 Å². The van der Waals surface area contributed by atoms with Crippen molar-refractivity contribution in [2.75, 3.05) is 5.32 Å². The zero-order valence-electron chi connectivity index (χ0n) is 11.1. The monoisotopic (exact) mass is 336 g/mol. The summed E-state index contributed by atoms with van der Waals surface area (Å²) in [4.78, 5) is 23.4. The van der Waals surface area contributed by atoms with Crippen LogP contribution in [0.1, 0.15) is 18.4 Å². The van der Waals surface area contributed by atoms with Crippen molar-refractivity contribution in [3.8, 4) is 0 Å². The summed E-state index contributed by atoms with van der Waals surface area (Å²) in [6, 6.07) is 5.52. The zero-order valence-corrected chi connectivity index (χ0v) is 12.6. The molecule has 20 heavy (non-hydrogen) atoms. The summed E-state index contributed by atoms with van der Waals surface area (Å²) in [5, 5.41) is 13.9. The quantitative estimate of drug-likeness (QED) is 0.858. The third kappa shape index (κ3) is 3.28. The molecule has 0 radical (unpaired) electrons. The van der Waals surface area contributed by atoms with Gasteiger partial charge in [0.15, 0.2) is 0 Å². The Balaban J connectivity index is 2.14. The van der Waals surface area contributed by atoms with Crippen LogP contribution >= 0.6 is 15.9 Å². The van der Waals surface area contributed by atoms with Crippen molar-refractivity contribution >= 4 is 33.5 Å². The van der Waals surface area contributed by atoms with E-state index < -0.39 is 17.8 Å². The zero-order chi connectivity index (χ0) is 14.7. The Bertz CT molecular complexity index is 568. The Kier molecular flexibility index (Phi) is 4.60. The van der Waals surface area contributed by atoms with Crippen molar-refractivity contribution in [1.82, 2.24) is 0 Å². The average molecular weight is 337 g/mol. The van der Waals surface area contributed by atoms with Crippen molar-refractivity contribution in [1.29, 1.82) is 0 Å². The molecule has 1 aliphatic carbocycles. The first-order chi connectivity index (χ1) is 9.49. The lowest BCUT2D eigenvalue weighted by Crippen LogP contribution is -2.41. The molecule has 4 nitrogen and oxygen atoms in total. The first-order valence-electron chi connectivity index (χ1n) is 6.42. The van der Waals surface area contributed by atoms with Crippen LogP contribution in [0.3, 0.4) is 0 Å². The number of carboxylic acids is 1. The van der Waals surface area contributed by atoms with Crippen LogP contribution in [0, 0.1) is 18.8 Å². The number of halogens is 1. The van der Waals surface area contributed by atoms with Gasteiger partial charge >= 0.3 is 0 Å². The lowest BCUT2D eigenvalue weighted by molar-refractivity contribution is -0.313. The number of anilines is 1. The summed E-state index contributed by atoms with van der Waals surface area (Å²) < 4.78 is 0.932. The maximum Gasteiger partial charge on any atom is 0.228 e. The number of hydrogen-bond acceptors (Lipinski definition) is 3. The van der Waals surface area contributed by atoms with E-state index in [0.717, 1.165) is 10.0 Å². The summed E-state index contributed by atoms with van der Waals surface area (Å²) in [5.74, 6) is -2.76. The highest BCUT2D eigenvalue weighted by Gasteiger charge is 2.29. The number of carboxylic acid groups (broad SMARTS) is 1. The molecule has 0 fully saturated rings. The third-order valence-corrected chi connectivity index (χ3v) is 4.01. The summed E-state index contributed by atoms with van der Waals surface area (Å²) >= 11 is 3.36. The lowest BCUT2D eigenvalue weighted by Gasteiger charge is -2.28. The van der Waals surface area contributed by atoms with Crippen LogP contribution in [-0.4, -0.2) is 11.9 Å². The first kappa shape index (κ1) is 14.8. The molecular formula is C15H15BrNO3-. The maximum absolute atomic E-state index is 12.3. The van der Waals surface area contributed by atoms with Gasteiger partial charge in [0.2, 0.25) is 5.91 Å². The highest BCUT2D eigenvalue weighted by Crippen LogP contribution is 2.27. The number of nitrogens with one attached hydrogen (secondary N) is 1. The molecule has 1 aliphatic rings. The van der Waals surface area contributed by atoms with Gasteiger partial charge in [-0.3, -0.25) is 4.79 Å². The molecular weight excluding hydrogens is 322 g/mol. The maximum atomic E-state index is 12.3. The fourth-order valence-corrected chi connectivity index (χ4v) is 2.83. The van der Waals surface area contributed by atoms with E-state index in [9.17, 15) is 14.7 Å². The Labute approximate surface area is 126 Å². The Hall–Kier alpha value is -1.62. The van der Waals surface area contributed by atoms with Crippen molar-refractivity contribution in [2.24, 2.45) is 11.8 Å². The van der Waals surface area contributed by atoms with Crippen LogP contribution in [0.2, 0.25) is 0 Å². The van der Waals surface area contributed by atoms with E-state index in [1.807, 2.05) is 25.1 Å². The number of rotatable bonds is 3. The highest BCUT2D eigenvalue weighted by molar-refractivity contribution is 9.10. The summed E-state index contributed by atoms with van der Waals surface area (Å²) in [6.45, 7) is 1.89. The Morgan fingerprint density at radius 1 is 1.25 bits per heavy atom. The van der Waals surface area contributed by atoms with Gasteiger partial charge in [0, 0.05) is 22.0 Å². The Morgan fingerprint density at radius 3 is 2.50 bits per heavy atom. The van der Waals surface area contributed by atoms with Gasteiger partial charge in [-0.1, -0.05) is 28.1 Å². The molecule has 0 heterocycles. The minimum Gasteiger partial charge on any atom is -0.550 e. The van der Waals surface area contributed by atoms with Crippen molar-refractivity contribution in [3.63, 3.8) is 0 Å². The molecule has 0 bridgehead atoms. The van der Waals surface area contributed by atoms with E-state index in [1.54, 1.807) is 12.1 Å². The molecule has 106 valence electrons. The molecule has 1 aromatic rings. The smallest absolute Gasteiger partial charge is 0.228 e. The Morgan fingerprint density at radius 2 is 1.90 bits per heavy atom. The van der Waals surface area contributed by atoms with Crippen LogP contribution in [0.15, 0.2) is 34.8 Å². The molecule has 2 atom stereocenters. The SMILES string of the molecule is Cc1cc(Br)ccc1NC(=O)[C@H]1CC=CC[C@@H]1C(=O)[O-]. The van der Waals surface area contributed by atoms with Gasteiger partial charge in [-0.05, 0) is 43.5 Å². The van der Waals surface area contributed by atoms with E-state index in [1.165, 1.54) is 0 Å². The van der Waals surface area contributed by atoms with Crippen LogP contribution in [0.25, 0.3) is 0 Å². The molecule has 0 unspecified atom stereocenters. The van der Waals surface area contributed by atoms with Crippen LogP contribution < -0.4 is 10.4 Å². The number of aryl methyl sites for hydroxylation is 1. The number of carbonyl (C=O) groups excluding carboxylic acids is 2. The van der Waals surface area contributed by atoms with Crippen molar-refractivity contribution in [2.45, 2.75) is 19.8 Å². The molecule has 0 aromatic heterocycles. The predicted molar refractivity (Wildman–Crippen MR) is 77.9 cm³/mol. The molecule has 1 aromatic carbocycles. The highest BCUT2D eigenvalue weighted by atomic mass is 79.9. The molecule has 1 N–H and O–H groups in total. The second-order valence-electron chi connectivity index (χ2n) is 4.92. The van der Waals surface area contributed by atoms with Gasteiger partial charge in [-0.2, -0.15) is 0 Å². The van der Waals surface area contributed by atoms with E-state index >= 15 is 0 Å². The average Bonchev–Trinajstić information content (AvgIpc) is 2.41. The van der Waals surface area contributed by atoms with Crippen molar-refractivity contribution in [3.05, 3.63) is 40.4 Å². The largest absolute Gasteiger partial charge is 0.550 e. The molecule has 1 amide bonds. The number of allylic oxidation sites excluding steroid dienone is 2. The van der Waals surface area contributed by atoms with Gasteiger partial charge < -0.3 is 15.2 Å². The second-order valence-corrected chi connectivity index (χ2v) is 5.84. The summed E-state index contributed by atoms with van der Waals surface area (Å²) in [6.07, 6.45) is 4.41. The number of hydrogen-bond donors (Lipinski definition) is 1. The van der Waals surface area contributed by atoms with Gasteiger partial charge in [-0.25, -0.2) is 0 Å². The molecule has 0 saturated heterocycles. The van der Waals surface area contributed by atoms with E-state index in [2.05, 4.69) is 21.2 Å². The van der Waals surface area contributed by atoms with Crippen LogP contribution in [-0.2, 0) is 9.59 Å². The van der Waals surface area contributed by atoms with Crippen LogP contribution in [0.5, 0.6) is 0 Å². The predicted octanol–water partition coefficient (Wildman–Crippen LogP) is 2.03. The molecule has 5 heteroatoms. The third-order valence-electron chi connectivity index (χ3n) is 3.52. The van der Waals surface area contributed by atoms with Crippen molar-refractivity contribution < 1.29 is 14.7 Å². The number of aliphatic carboxylic acids is 1. The number of benzene rings is 1. The number of carbonyl (C=O) groups is 2. The van der Waals surface area contributed by atoms with E-state index in [4.69, 9.17) is 0 Å². The molecule has 2 rings (SSSR count). The fraction of sp³-hybridized carbons (Fsp3) is 0.333. The second kappa shape index (κ2) is 6.22. The summed E-state index contributed by atoms with van der Waals surface area (Å²) in [5.41, 5.74) is 1.62. The topological polar surface area (TPSA) is 69.2 Å². The number of amides is 1. The minimum absolute atomic E-state index is 0.269. The van der Waals surface area contributed by atoms with Gasteiger partial charge in [0.05, 0.1) is 5.92 Å².